The van der Waals surface area contributed by atoms with Gasteiger partial charge in [0.15, 0.2) is 0 Å². The van der Waals surface area contributed by atoms with E-state index in [1.54, 1.807) is 6.92 Å². The predicted octanol–water partition coefficient (Wildman–Crippen LogP) is 3.24. The summed E-state index contributed by atoms with van der Waals surface area (Å²) in [6.45, 7) is 4.22. The first-order valence-corrected chi connectivity index (χ1v) is 12.7. The van der Waals surface area contributed by atoms with Crippen molar-refractivity contribution in [3.8, 4) is 0 Å². The standard InChI is InChI=1S/C22H31N3O5S/c1-14-3-6-19(25(27)28)13-21(14)31(29,30)24-9-7-17(8-10-24)22(26)23-15(2)20-12-16-4-5-18(20)11-16/h3,6,13,15-18,20H,4-5,7-12H2,1-2H3,(H,23,26). The molecule has 31 heavy (non-hydrogen) atoms. The van der Waals surface area contributed by atoms with Crippen LogP contribution in [0, 0.1) is 40.7 Å². The lowest BCUT2D eigenvalue weighted by Gasteiger charge is -2.33. The number of nitro benzene ring substituents is 1. The molecule has 4 unspecified atom stereocenters. The van der Waals surface area contributed by atoms with Crippen molar-refractivity contribution in [3.05, 3.63) is 33.9 Å². The minimum Gasteiger partial charge on any atom is -0.353 e. The number of nitrogens with one attached hydrogen (secondary N) is 1. The lowest BCUT2D eigenvalue weighted by molar-refractivity contribution is -0.385. The van der Waals surface area contributed by atoms with Gasteiger partial charge in [0.25, 0.3) is 5.69 Å². The number of carbonyl (C=O) groups is 1. The summed E-state index contributed by atoms with van der Waals surface area (Å²) >= 11 is 0. The van der Waals surface area contributed by atoms with E-state index in [1.807, 2.05) is 0 Å². The molecule has 3 aliphatic rings. The Hall–Kier alpha value is -2.00. The van der Waals surface area contributed by atoms with E-state index in [0.717, 1.165) is 17.9 Å². The molecule has 2 bridgehead atoms. The lowest BCUT2D eigenvalue weighted by Crippen LogP contribution is -2.47. The van der Waals surface area contributed by atoms with E-state index in [0.29, 0.717) is 24.3 Å². The Kier molecular flexibility index (Phi) is 6.09. The van der Waals surface area contributed by atoms with E-state index in [1.165, 1.54) is 42.1 Å². The highest BCUT2D eigenvalue weighted by atomic mass is 32.2. The van der Waals surface area contributed by atoms with E-state index >= 15 is 0 Å². The van der Waals surface area contributed by atoms with Crippen LogP contribution in [0.4, 0.5) is 5.69 Å². The quantitative estimate of drug-likeness (QED) is 0.530. The van der Waals surface area contributed by atoms with Crippen LogP contribution in [-0.2, 0) is 14.8 Å². The highest BCUT2D eigenvalue weighted by molar-refractivity contribution is 7.89. The first kappa shape index (κ1) is 22.2. The molecule has 8 nitrogen and oxygen atoms in total. The molecule has 1 aromatic carbocycles. The summed E-state index contributed by atoms with van der Waals surface area (Å²) in [5.41, 5.74) is 0.234. The molecule has 1 N–H and O–H groups in total. The molecule has 170 valence electrons. The molecule has 3 fully saturated rings. The molecule has 0 radical (unpaired) electrons. The van der Waals surface area contributed by atoms with Gasteiger partial charge in [-0.25, -0.2) is 8.42 Å². The minimum atomic E-state index is -3.84. The van der Waals surface area contributed by atoms with E-state index in [-0.39, 0.29) is 41.5 Å². The van der Waals surface area contributed by atoms with Gasteiger partial charge >= 0.3 is 0 Å². The van der Waals surface area contributed by atoms with Crippen LogP contribution in [0.25, 0.3) is 0 Å². The van der Waals surface area contributed by atoms with Crippen molar-refractivity contribution in [1.29, 1.82) is 0 Å². The Morgan fingerprint density at radius 1 is 1.19 bits per heavy atom. The number of benzene rings is 1. The first-order chi connectivity index (χ1) is 14.7. The maximum absolute atomic E-state index is 13.1. The molecule has 1 aromatic rings. The van der Waals surface area contributed by atoms with Gasteiger partial charge in [-0.3, -0.25) is 14.9 Å². The fourth-order valence-electron chi connectivity index (χ4n) is 5.83. The molecule has 0 aromatic heterocycles. The van der Waals surface area contributed by atoms with Gasteiger partial charge in [-0.1, -0.05) is 12.5 Å². The van der Waals surface area contributed by atoms with E-state index in [9.17, 15) is 23.3 Å². The number of sulfonamides is 1. The molecule has 1 heterocycles. The van der Waals surface area contributed by atoms with E-state index in [2.05, 4.69) is 12.2 Å². The maximum atomic E-state index is 13.1. The number of carbonyl (C=O) groups excluding carboxylic acids is 1. The van der Waals surface area contributed by atoms with Crippen molar-refractivity contribution in [1.82, 2.24) is 9.62 Å². The molecular formula is C22H31N3O5S. The first-order valence-electron chi connectivity index (χ1n) is 11.2. The van der Waals surface area contributed by atoms with E-state index in [4.69, 9.17) is 0 Å². The second-order valence-electron chi connectivity index (χ2n) is 9.52. The smallest absolute Gasteiger partial charge is 0.270 e. The second kappa shape index (κ2) is 8.50. The Morgan fingerprint density at radius 2 is 1.90 bits per heavy atom. The third kappa shape index (κ3) is 4.35. The molecule has 2 saturated carbocycles. The molecule has 1 saturated heterocycles. The van der Waals surface area contributed by atoms with Gasteiger partial charge in [-0.15, -0.1) is 0 Å². The summed E-state index contributed by atoms with van der Waals surface area (Å²) in [5, 5.41) is 14.3. The number of nitrogens with zero attached hydrogens (tertiary/aromatic N) is 2. The number of hydrogen-bond acceptors (Lipinski definition) is 5. The summed E-state index contributed by atoms with van der Waals surface area (Å²) in [5.74, 6) is 1.98. The summed E-state index contributed by atoms with van der Waals surface area (Å²) in [4.78, 5) is 23.3. The molecular weight excluding hydrogens is 418 g/mol. The zero-order valence-corrected chi connectivity index (χ0v) is 18.9. The van der Waals surface area contributed by atoms with Crippen LogP contribution >= 0.6 is 0 Å². The van der Waals surface area contributed by atoms with Crippen molar-refractivity contribution >= 4 is 21.6 Å². The van der Waals surface area contributed by atoms with Crippen molar-refractivity contribution in [2.24, 2.45) is 23.7 Å². The van der Waals surface area contributed by atoms with Crippen LogP contribution in [0.5, 0.6) is 0 Å². The Bertz CT molecular complexity index is 971. The molecule has 9 heteroatoms. The van der Waals surface area contributed by atoms with Crippen molar-refractivity contribution < 1.29 is 18.1 Å². The van der Waals surface area contributed by atoms with Gasteiger partial charge in [-0.05, 0) is 69.3 Å². The van der Waals surface area contributed by atoms with Crippen LogP contribution < -0.4 is 5.32 Å². The second-order valence-corrected chi connectivity index (χ2v) is 11.4. The molecule has 1 aliphatic heterocycles. The van der Waals surface area contributed by atoms with Gasteiger partial charge in [0.2, 0.25) is 15.9 Å². The summed E-state index contributed by atoms with van der Waals surface area (Å²) in [7, 11) is -3.84. The fourth-order valence-corrected chi connectivity index (χ4v) is 7.55. The van der Waals surface area contributed by atoms with Crippen LogP contribution in [0.1, 0.15) is 51.0 Å². The number of fused-ring (bicyclic) bond motifs is 2. The zero-order chi connectivity index (χ0) is 22.3. The van der Waals surface area contributed by atoms with Crippen molar-refractivity contribution in [3.63, 3.8) is 0 Å². The molecule has 0 spiro atoms. The third-order valence-corrected chi connectivity index (χ3v) is 9.67. The number of aryl methyl sites for hydroxylation is 1. The number of nitro groups is 1. The summed E-state index contributed by atoms with van der Waals surface area (Å²) in [6, 6.07) is 4.06. The number of rotatable bonds is 6. The molecule has 2 aliphatic carbocycles. The van der Waals surface area contributed by atoms with Crippen LogP contribution in [-0.4, -0.2) is 42.7 Å². The van der Waals surface area contributed by atoms with Crippen molar-refractivity contribution in [2.75, 3.05) is 13.1 Å². The average Bonchev–Trinajstić information content (AvgIpc) is 3.37. The van der Waals surface area contributed by atoms with Crippen LogP contribution in [0.3, 0.4) is 0 Å². The predicted molar refractivity (Wildman–Crippen MR) is 116 cm³/mol. The Morgan fingerprint density at radius 3 is 2.48 bits per heavy atom. The van der Waals surface area contributed by atoms with Gasteiger partial charge in [0.1, 0.15) is 0 Å². The monoisotopic (exact) mass is 449 g/mol. The largest absolute Gasteiger partial charge is 0.353 e. The minimum absolute atomic E-state index is 0.0267. The van der Waals surface area contributed by atoms with Crippen molar-refractivity contribution in [2.45, 2.75) is 63.3 Å². The third-order valence-electron chi connectivity index (χ3n) is 7.63. The number of non-ortho nitro benzene ring substituents is 1. The average molecular weight is 450 g/mol. The number of piperidine rings is 1. The van der Waals surface area contributed by atoms with Gasteiger partial charge < -0.3 is 5.32 Å². The lowest BCUT2D eigenvalue weighted by atomic mass is 9.83. The SMILES string of the molecule is Cc1ccc([N+](=O)[O-])cc1S(=O)(=O)N1CCC(C(=O)NC(C)C2CC3CCC2C3)CC1. The number of hydrogen-bond donors (Lipinski definition) is 1. The summed E-state index contributed by atoms with van der Waals surface area (Å²) in [6.07, 6.45) is 6.05. The Balaban J connectivity index is 1.36. The molecule has 4 atom stereocenters. The van der Waals surface area contributed by atoms with Crippen LogP contribution in [0.2, 0.25) is 0 Å². The molecule has 4 rings (SSSR count). The fraction of sp³-hybridized carbons (Fsp3) is 0.682. The highest BCUT2D eigenvalue weighted by Crippen LogP contribution is 2.49. The Labute approximate surface area is 183 Å². The van der Waals surface area contributed by atoms with Crippen LogP contribution in [0.15, 0.2) is 23.1 Å². The number of amides is 1. The highest BCUT2D eigenvalue weighted by Gasteiger charge is 2.42. The topological polar surface area (TPSA) is 110 Å². The zero-order valence-electron chi connectivity index (χ0n) is 18.1. The van der Waals surface area contributed by atoms with Gasteiger partial charge in [-0.2, -0.15) is 4.31 Å². The normalized spacial score (nSPS) is 27.9. The summed E-state index contributed by atoms with van der Waals surface area (Å²) < 4.78 is 27.5. The molecule has 1 amide bonds. The maximum Gasteiger partial charge on any atom is 0.270 e. The van der Waals surface area contributed by atoms with Gasteiger partial charge in [0.05, 0.1) is 9.82 Å². The van der Waals surface area contributed by atoms with Gasteiger partial charge in [0, 0.05) is 37.2 Å². The van der Waals surface area contributed by atoms with E-state index < -0.39 is 14.9 Å².